The number of rotatable bonds is 3. The number of nitrogens with two attached hydrogens (primary N) is 1. The topological polar surface area (TPSA) is 55.5 Å². The third-order valence-electron chi connectivity index (χ3n) is 8.47. The second-order valence-electron chi connectivity index (χ2n) is 10.2. The molecule has 4 nitrogen and oxygen atoms in total. The summed E-state index contributed by atoms with van der Waals surface area (Å²) >= 11 is 6.50. The van der Waals surface area contributed by atoms with Crippen LogP contribution < -0.4 is 10.3 Å². The zero-order valence-corrected chi connectivity index (χ0v) is 17.6. The van der Waals surface area contributed by atoms with E-state index in [1.165, 1.54) is 44.2 Å². The van der Waals surface area contributed by atoms with Crippen LogP contribution in [0.5, 0.6) is 0 Å². The highest BCUT2D eigenvalue weighted by atomic mass is 35.5. The molecule has 2 N–H and O–H groups in total. The van der Waals surface area contributed by atoms with Gasteiger partial charge in [-0.15, -0.1) is 4.59 Å². The van der Waals surface area contributed by atoms with Crippen LogP contribution in [0.1, 0.15) is 64.2 Å². The zero-order valence-electron chi connectivity index (χ0n) is 16.9. The van der Waals surface area contributed by atoms with Crippen molar-refractivity contribution >= 4 is 28.9 Å². The van der Waals surface area contributed by atoms with E-state index in [9.17, 15) is 4.79 Å². The first-order valence-corrected chi connectivity index (χ1v) is 11.7. The van der Waals surface area contributed by atoms with Crippen molar-refractivity contribution in [2.75, 3.05) is 0 Å². The Morgan fingerprint density at radius 1 is 1.07 bits per heavy atom. The van der Waals surface area contributed by atoms with Crippen molar-refractivity contribution in [2.45, 2.75) is 69.7 Å². The van der Waals surface area contributed by atoms with Crippen molar-refractivity contribution in [3.05, 3.63) is 40.6 Å². The van der Waals surface area contributed by atoms with Crippen LogP contribution in [0.3, 0.4) is 0 Å². The zero-order chi connectivity index (χ0) is 19.8. The summed E-state index contributed by atoms with van der Waals surface area (Å²) in [6.45, 7) is 0. The van der Waals surface area contributed by atoms with Crippen LogP contribution in [0.15, 0.2) is 40.6 Å². The summed E-state index contributed by atoms with van der Waals surface area (Å²) in [5, 5.41) is 6.05. The molecule has 1 aromatic rings. The molecule has 0 radical (unpaired) electrons. The Morgan fingerprint density at radius 2 is 1.72 bits per heavy atom. The molecule has 1 heterocycles. The van der Waals surface area contributed by atoms with E-state index in [1.54, 1.807) is 0 Å². The van der Waals surface area contributed by atoms with Gasteiger partial charge in [-0.3, -0.25) is 4.79 Å². The van der Waals surface area contributed by atoms with E-state index in [1.807, 2.05) is 12.1 Å². The highest BCUT2D eigenvalue weighted by molar-refractivity contribution is 6.45. The molecule has 29 heavy (non-hydrogen) atoms. The maximum Gasteiger partial charge on any atom is 0.273 e. The first kappa shape index (κ1) is 18.1. The van der Waals surface area contributed by atoms with Gasteiger partial charge in [-0.1, -0.05) is 22.8 Å². The minimum Gasteiger partial charge on any atom is -0.364 e. The van der Waals surface area contributed by atoms with E-state index < -0.39 is 0 Å². The molecule has 1 amide bonds. The number of primary amides is 1. The quantitative estimate of drug-likeness (QED) is 0.675. The Hall–Kier alpha value is -1.65. The average molecular weight is 411 g/mol. The fourth-order valence-electron chi connectivity index (χ4n) is 7.99. The summed E-state index contributed by atoms with van der Waals surface area (Å²) in [6, 6.07) is 8.25. The van der Waals surface area contributed by atoms with Gasteiger partial charge < -0.3 is 5.73 Å². The molecule has 1 unspecified atom stereocenters. The van der Waals surface area contributed by atoms with Crippen molar-refractivity contribution in [2.24, 2.45) is 28.6 Å². The van der Waals surface area contributed by atoms with E-state index in [-0.39, 0.29) is 11.4 Å². The Morgan fingerprint density at radius 3 is 2.34 bits per heavy atom. The summed E-state index contributed by atoms with van der Waals surface area (Å²) in [5.41, 5.74) is 10.1. The van der Waals surface area contributed by atoms with Crippen LogP contribution in [0.4, 0.5) is 5.69 Å². The highest BCUT2D eigenvalue weighted by Gasteiger charge is 2.67. The standard InChI is InChI=1S/C24H28ClN3O/c25-18-4-3-5-19(11-18)28(21-7-2-1-6-20(21)22(27-28)23(26)29)24-12-15-8-16(13-24)10-17(9-15)14-24/h3-5,11,15-17H,1-2,6-10,12-14H2,(H-,26,29)/p+1. The maximum atomic E-state index is 12.5. The van der Waals surface area contributed by atoms with Crippen molar-refractivity contribution in [3.63, 3.8) is 0 Å². The minimum atomic E-state index is -0.369. The Kier molecular flexibility index (Phi) is 3.87. The highest BCUT2D eigenvalue weighted by Crippen LogP contribution is 2.64. The number of nitrogens with zero attached hydrogens (tertiary/aromatic N) is 2. The van der Waals surface area contributed by atoms with Crippen LogP contribution in [-0.4, -0.2) is 17.2 Å². The molecule has 7 rings (SSSR count). The summed E-state index contributed by atoms with van der Waals surface area (Å²) in [5.74, 6) is 2.04. The van der Waals surface area contributed by atoms with Gasteiger partial charge in [0.25, 0.3) is 5.91 Å². The van der Waals surface area contributed by atoms with Gasteiger partial charge in [-0.25, -0.2) is 0 Å². The molecule has 4 fully saturated rings. The van der Waals surface area contributed by atoms with Crippen molar-refractivity contribution in [1.29, 1.82) is 0 Å². The molecule has 4 bridgehead atoms. The lowest BCUT2D eigenvalue weighted by molar-refractivity contribution is -0.112. The number of carbonyl (C=O) groups is 1. The van der Waals surface area contributed by atoms with Gasteiger partial charge in [0.2, 0.25) is 0 Å². The molecule has 1 aliphatic heterocycles. The molecule has 1 aromatic carbocycles. The molecule has 0 aromatic heterocycles. The molecule has 1 atom stereocenters. The molecule has 0 spiro atoms. The number of hydrogen-bond donors (Lipinski definition) is 1. The Balaban J connectivity index is 1.64. The van der Waals surface area contributed by atoms with Gasteiger partial charge in [0.1, 0.15) is 11.2 Å². The number of carbonyl (C=O) groups excluding carboxylic acids is 1. The minimum absolute atomic E-state index is 0.0502. The van der Waals surface area contributed by atoms with E-state index in [4.69, 9.17) is 22.4 Å². The molecule has 5 heteroatoms. The van der Waals surface area contributed by atoms with Gasteiger partial charge in [0.15, 0.2) is 11.4 Å². The monoisotopic (exact) mass is 410 g/mol. The molecule has 4 saturated carbocycles. The van der Waals surface area contributed by atoms with E-state index >= 15 is 0 Å². The third kappa shape index (κ3) is 2.42. The molecular weight excluding hydrogens is 382 g/mol. The van der Waals surface area contributed by atoms with Gasteiger partial charge in [0.05, 0.1) is 0 Å². The second-order valence-corrected chi connectivity index (χ2v) is 10.6. The Bertz CT molecular complexity index is 929. The third-order valence-corrected chi connectivity index (χ3v) is 8.71. The average Bonchev–Trinajstić information content (AvgIpc) is 3.04. The second kappa shape index (κ2) is 6.18. The summed E-state index contributed by atoms with van der Waals surface area (Å²) in [6.07, 6.45) is 12.0. The number of benzene rings is 1. The maximum absolute atomic E-state index is 12.5. The Labute approximate surface area is 177 Å². The summed E-state index contributed by atoms with van der Waals surface area (Å²) < 4.78 is 0.491. The van der Waals surface area contributed by atoms with Crippen molar-refractivity contribution in [1.82, 2.24) is 4.59 Å². The molecule has 6 aliphatic rings. The fraction of sp³-hybridized carbons (Fsp3) is 0.583. The van der Waals surface area contributed by atoms with Crippen molar-refractivity contribution < 1.29 is 4.79 Å². The predicted octanol–water partition coefficient (Wildman–Crippen LogP) is 5.30. The van der Waals surface area contributed by atoms with Crippen molar-refractivity contribution in [3.8, 4) is 0 Å². The van der Waals surface area contributed by atoms with Crippen LogP contribution in [0.25, 0.3) is 0 Å². The van der Waals surface area contributed by atoms with E-state index in [0.29, 0.717) is 10.3 Å². The SMILES string of the molecule is NC(=O)C1=N[N+](c2cccc(Cl)c2)(C23CC4CC(CC(C4)C2)C3)C2=C1CCCC2. The lowest BCUT2D eigenvalue weighted by Gasteiger charge is -2.60. The van der Waals surface area contributed by atoms with E-state index in [2.05, 4.69) is 12.1 Å². The first-order valence-electron chi connectivity index (χ1n) is 11.3. The first-order chi connectivity index (χ1) is 14.0. The van der Waals surface area contributed by atoms with Crippen LogP contribution in [0.2, 0.25) is 5.02 Å². The number of allylic oxidation sites excluding steroid dienone is 1. The molecule has 0 saturated heterocycles. The molecular formula is C24H29ClN3O+. The van der Waals surface area contributed by atoms with Crippen LogP contribution >= 0.6 is 11.6 Å². The molecule has 152 valence electrons. The lowest BCUT2D eigenvalue weighted by Crippen LogP contribution is -2.68. The summed E-state index contributed by atoms with van der Waals surface area (Å²) in [7, 11) is 0. The number of amides is 1. The van der Waals surface area contributed by atoms with Gasteiger partial charge in [0, 0.05) is 48.4 Å². The smallest absolute Gasteiger partial charge is 0.273 e. The largest absolute Gasteiger partial charge is 0.364 e. The number of hydrogen-bond acceptors (Lipinski definition) is 2. The van der Waals surface area contributed by atoms with Crippen LogP contribution in [-0.2, 0) is 4.79 Å². The van der Waals surface area contributed by atoms with Gasteiger partial charge in [-0.05, 0) is 62.3 Å². The normalized spacial score (nSPS) is 40.2. The van der Waals surface area contributed by atoms with Crippen LogP contribution in [0, 0.1) is 17.8 Å². The lowest BCUT2D eigenvalue weighted by atomic mass is 9.52. The summed E-state index contributed by atoms with van der Waals surface area (Å²) in [4.78, 5) is 12.5. The van der Waals surface area contributed by atoms with E-state index in [0.717, 1.165) is 59.7 Å². The van der Waals surface area contributed by atoms with Gasteiger partial charge in [-0.2, -0.15) is 0 Å². The fourth-order valence-corrected chi connectivity index (χ4v) is 8.17. The predicted molar refractivity (Wildman–Crippen MR) is 116 cm³/mol. The molecule has 5 aliphatic carbocycles. The number of quaternary nitrogens is 1. The number of halogens is 1. The van der Waals surface area contributed by atoms with Gasteiger partial charge >= 0.3 is 0 Å².